The van der Waals surface area contributed by atoms with Crippen molar-refractivity contribution in [3.8, 4) is 5.75 Å². The van der Waals surface area contributed by atoms with Crippen molar-refractivity contribution in [3.05, 3.63) is 65.7 Å². The Morgan fingerprint density at radius 2 is 0.811 bits per heavy atom. The van der Waals surface area contributed by atoms with E-state index in [1.54, 1.807) is 32.0 Å². The predicted octanol–water partition coefficient (Wildman–Crippen LogP) is -8.45. The molecule has 41 heteroatoms. The first-order valence-corrected chi connectivity index (χ1v) is 33.3. The molecule has 0 spiro atoms. The number of nitrogens with zero attached hydrogens (tertiary/aromatic N) is 1. The number of phenolic OH excluding ortho intramolecular Hbond substituents is 1. The first-order chi connectivity index (χ1) is 49.8. The van der Waals surface area contributed by atoms with E-state index in [0.717, 1.165) is 4.90 Å². The van der Waals surface area contributed by atoms with Gasteiger partial charge in [0, 0.05) is 32.2 Å². The van der Waals surface area contributed by atoms with Crippen LogP contribution in [0.15, 0.2) is 54.6 Å². The minimum absolute atomic E-state index is 0.0914. The van der Waals surface area contributed by atoms with Crippen LogP contribution >= 0.6 is 0 Å². The molecule has 0 aromatic heterocycles. The summed E-state index contributed by atoms with van der Waals surface area (Å²) < 4.78 is 0. The summed E-state index contributed by atoms with van der Waals surface area (Å²) in [5.74, 6) is -24.5. The highest BCUT2D eigenvalue weighted by Crippen LogP contribution is 2.22. The van der Waals surface area contributed by atoms with Crippen LogP contribution in [0.25, 0.3) is 0 Å². The largest absolute Gasteiger partial charge is 0.508 e. The molecular weight excluding hydrogens is 1410 g/mol. The Kier molecular flexibility index (Phi) is 36.5. The molecule has 2 aromatic rings. The Balaban J connectivity index is 1.84. The Morgan fingerprint density at radius 1 is 0.443 bits per heavy atom. The van der Waals surface area contributed by atoms with E-state index in [-0.39, 0.29) is 50.3 Å². The van der Waals surface area contributed by atoms with Gasteiger partial charge in [-0.15, -0.1) is 0 Å². The molecule has 1 aliphatic rings. The van der Waals surface area contributed by atoms with Gasteiger partial charge in [0.15, 0.2) is 0 Å². The van der Waals surface area contributed by atoms with Crippen molar-refractivity contribution in [1.29, 1.82) is 0 Å². The number of benzene rings is 2. The van der Waals surface area contributed by atoms with Crippen molar-refractivity contribution in [2.45, 2.75) is 183 Å². The number of carboxylic acids is 4. The molecule has 13 atom stereocenters. The fourth-order valence-corrected chi connectivity index (χ4v) is 10.5. The highest BCUT2D eigenvalue weighted by Gasteiger charge is 2.43. The summed E-state index contributed by atoms with van der Waals surface area (Å²) in [5, 5.41) is 103. The average Bonchev–Trinajstić information content (AvgIpc) is 1.63. The zero-order chi connectivity index (χ0) is 79.8. The van der Waals surface area contributed by atoms with Crippen molar-refractivity contribution in [3.63, 3.8) is 0 Å². The second-order valence-electron chi connectivity index (χ2n) is 25.5. The van der Waals surface area contributed by atoms with E-state index in [1.165, 1.54) is 50.2 Å². The average molecular weight is 1500 g/mol. The van der Waals surface area contributed by atoms with E-state index in [9.17, 15) is 127 Å². The lowest BCUT2D eigenvalue weighted by Gasteiger charge is -2.32. The molecule has 0 radical (unpaired) electrons. The summed E-state index contributed by atoms with van der Waals surface area (Å²) in [4.78, 5) is 239. The number of hydrogen-bond donors (Lipinski definition) is 22. The number of nitrogens with two attached hydrogens (primary N) is 3. The SMILES string of the molecule is CC(C)C[C@H](NC(=O)[C@H](Cc1ccc(O)cc1)NC(=O)[C@@H](N)CO)C(=O)N[C@@H](CCC(N)=O)C(=O)N[C@@H](CC(=O)O)C(=O)N[C@@H](CO)C(=O)N[C@H](C(=O)N1CCC[C@H]1C(=O)N[C@@H](CC(=O)O)C(=O)N[C@@H](CO)C(=O)N[C@@H](Cc1ccccc1)C(=O)N[C@@H](CCC(N)=O)C(=O)N[C@@H](CC(=O)O)C(=O)O)C(C)C. The van der Waals surface area contributed by atoms with Gasteiger partial charge in [-0.25, -0.2) is 4.79 Å². The number of carbonyl (C=O) groups is 18. The van der Waals surface area contributed by atoms with Gasteiger partial charge in [-0.05, 0) is 67.2 Å². The minimum Gasteiger partial charge on any atom is -0.508 e. The number of rotatable bonds is 46. The fraction of sp³-hybridized carbons (Fsp3) is 0.538. The van der Waals surface area contributed by atoms with Gasteiger partial charge in [-0.1, -0.05) is 70.2 Å². The third kappa shape index (κ3) is 30.1. The molecule has 2 aromatic carbocycles. The number of aliphatic hydroxyl groups is 3. The molecule has 41 nitrogen and oxygen atoms in total. The van der Waals surface area contributed by atoms with Crippen LogP contribution in [0.2, 0.25) is 0 Å². The van der Waals surface area contributed by atoms with Gasteiger partial charge < -0.3 is 121 Å². The highest BCUT2D eigenvalue weighted by atomic mass is 16.4. The molecule has 0 aliphatic carbocycles. The number of carbonyl (C=O) groups excluding carboxylic acids is 14. The van der Waals surface area contributed by atoms with Crippen molar-refractivity contribution in [2.24, 2.45) is 29.0 Å². The zero-order valence-corrected chi connectivity index (χ0v) is 58.3. The summed E-state index contributed by atoms with van der Waals surface area (Å²) in [6, 6.07) is -10.0. The van der Waals surface area contributed by atoms with Gasteiger partial charge in [0.25, 0.3) is 0 Å². The van der Waals surface area contributed by atoms with E-state index in [2.05, 4.69) is 53.2 Å². The molecular formula is C65H93N15O26. The molecule has 0 unspecified atom stereocenters. The monoisotopic (exact) mass is 1500 g/mol. The fourth-order valence-electron chi connectivity index (χ4n) is 10.5. The van der Waals surface area contributed by atoms with Gasteiger partial charge in [0.2, 0.25) is 82.7 Å². The minimum atomic E-state index is -2.13. The van der Waals surface area contributed by atoms with Crippen LogP contribution in [0.3, 0.4) is 0 Å². The van der Waals surface area contributed by atoms with E-state index >= 15 is 0 Å². The van der Waals surface area contributed by atoms with Crippen LogP contribution in [-0.4, -0.2) is 257 Å². The molecule has 0 saturated carbocycles. The van der Waals surface area contributed by atoms with Crippen molar-refractivity contribution < 1.29 is 127 Å². The Bertz CT molecular complexity index is 3490. The quantitative estimate of drug-likeness (QED) is 0.0293. The number of phenols is 1. The third-order valence-electron chi connectivity index (χ3n) is 16.1. The lowest BCUT2D eigenvalue weighted by atomic mass is 10.00. The lowest BCUT2D eigenvalue weighted by molar-refractivity contribution is -0.147. The maximum Gasteiger partial charge on any atom is 0.326 e. The second-order valence-corrected chi connectivity index (χ2v) is 25.5. The Hall–Kier alpha value is -11.5. The number of hydrogen-bond acceptors (Lipinski definition) is 23. The summed E-state index contributed by atoms with van der Waals surface area (Å²) in [5.41, 5.74) is 17.1. The first-order valence-electron chi connectivity index (χ1n) is 33.3. The van der Waals surface area contributed by atoms with Gasteiger partial charge in [0.05, 0.1) is 39.1 Å². The standard InChI is InChI=1S/C65H93N15O26/c1-30(2)21-38(72-58(98)39(71-53(93)35(66)27-81)23-33-12-14-34(84)15-13-33)56(96)69-36(16-18-47(67)85)54(94)74-41(24-49(87)88)59(99)78-45(29-83)62(102)79-52(31(3)4)64(104)80-20-8-11-46(80)63(103)75-42(25-50(89)90)60(100)77-44(28-82)61(101)73-40(22-32-9-6-5-7-10-32)57(97)70-37(17-19-48(68)86)55(95)76-43(65(105)106)26-51(91)92/h5-7,9-10,12-15,30-31,35-46,52,81-84H,8,11,16-29,66H2,1-4H3,(H2,67,85)(H2,68,86)(H,69,96)(H,70,97)(H,71,93)(H,72,98)(H,73,101)(H,74,94)(H,75,103)(H,76,95)(H,77,100)(H,78,99)(H,79,102)(H,87,88)(H,89,90)(H,91,92)(H,105,106)/t35-,36-,37-,38-,39-,40-,41-,42-,43-,44-,45-,46-,52-/m0/s1. The lowest BCUT2D eigenvalue weighted by Crippen LogP contribution is -2.62. The summed E-state index contributed by atoms with van der Waals surface area (Å²) in [6.07, 6.45) is -6.65. The van der Waals surface area contributed by atoms with E-state index in [0.29, 0.717) is 11.1 Å². The zero-order valence-electron chi connectivity index (χ0n) is 58.3. The van der Waals surface area contributed by atoms with Crippen LogP contribution in [0.4, 0.5) is 0 Å². The van der Waals surface area contributed by atoms with E-state index in [4.69, 9.17) is 17.2 Å². The topological polar surface area (TPSA) is 683 Å². The number of amides is 14. The predicted molar refractivity (Wildman–Crippen MR) is 363 cm³/mol. The van der Waals surface area contributed by atoms with Gasteiger partial charge >= 0.3 is 23.9 Å². The molecule has 1 aliphatic heterocycles. The molecule has 1 heterocycles. The molecule has 106 heavy (non-hydrogen) atoms. The Labute approximate surface area is 605 Å². The number of aliphatic carboxylic acids is 4. The van der Waals surface area contributed by atoms with Gasteiger partial charge in [-0.2, -0.15) is 0 Å². The van der Waals surface area contributed by atoms with Crippen molar-refractivity contribution >= 4 is 107 Å². The molecule has 14 amide bonds. The van der Waals surface area contributed by atoms with Gasteiger partial charge in [-0.3, -0.25) is 81.5 Å². The van der Waals surface area contributed by atoms with E-state index < -0.39 is 256 Å². The summed E-state index contributed by atoms with van der Waals surface area (Å²) in [6.45, 7) is 2.67. The number of carboxylic acid groups (broad SMARTS) is 4. The molecule has 1 saturated heterocycles. The summed E-state index contributed by atoms with van der Waals surface area (Å²) in [7, 11) is 0. The van der Waals surface area contributed by atoms with Crippen LogP contribution < -0.4 is 75.7 Å². The van der Waals surface area contributed by atoms with E-state index in [1.807, 2.05) is 5.32 Å². The number of aliphatic hydroxyl groups excluding tert-OH is 3. The maximum atomic E-state index is 14.4. The smallest absolute Gasteiger partial charge is 0.326 e. The van der Waals surface area contributed by atoms with Crippen LogP contribution in [-0.2, 0) is 99.1 Å². The number of primary amides is 2. The molecule has 25 N–H and O–H groups in total. The van der Waals surface area contributed by atoms with Crippen LogP contribution in [0.1, 0.15) is 103 Å². The number of likely N-dealkylation sites (tertiary alicyclic amines) is 1. The normalized spacial score (nSPS) is 15.9. The van der Waals surface area contributed by atoms with Gasteiger partial charge in [0.1, 0.15) is 84.3 Å². The van der Waals surface area contributed by atoms with Crippen molar-refractivity contribution in [1.82, 2.24) is 63.4 Å². The molecule has 584 valence electrons. The second kappa shape index (κ2) is 43.6. The first kappa shape index (κ1) is 88.8. The maximum absolute atomic E-state index is 14.4. The van der Waals surface area contributed by atoms with Crippen molar-refractivity contribution in [2.75, 3.05) is 26.4 Å². The van der Waals surface area contributed by atoms with Crippen LogP contribution in [0, 0.1) is 11.8 Å². The Morgan fingerprint density at radius 3 is 1.25 bits per heavy atom. The van der Waals surface area contributed by atoms with Crippen LogP contribution in [0.5, 0.6) is 5.75 Å². The number of nitrogens with one attached hydrogen (secondary N) is 11. The summed E-state index contributed by atoms with van der Waals surface area (Å²) >= 11 is 0. The molecule has 3 rings (SSSR count). The molecule has 0 bridgehead atoms. The number of aromatic hydroxyl groups is 1. The molecule has 1 fully saturated rings. The third-order valence-corrected chi connectivity index (χ3v) is 16.1. The highest BCUT2D eigenvalue weighted by molar-refractivity contribution is 6.01.